The van der Waals surface area contributed by atoms with Crippen LogP contribution in [-0.2, 0) is 11.3 Å². The Bertz CT molecular complexity index is 629. The molecule has 0 aliphatic rings. The summed E-state index contributed by atoms with van der Waals surface area (Å²) in [5, 5.41) is 8.54. The lowest BCUT2D eigenvalue weighted by Crippen LogP contribution is -2.41. The number of nitrogens with one attached hydrogen (secondary N) is 3. The minimum atomic E-state index is -0.348. The van der Waals surface area contributed by atoms with Crippen molar-refractivity contribution in [1.29, 1.82) is 0 Å². The molecule has 1 amide bonds. The van der Waals surface area contributed by atoms with Gasteiger partial charge in [0.1, 0.15) is 11.6 Å². The lowest BCUT2D eigenvalue weighted by molar-refractivity contribution is -0.115. The fourth-order valence-electron chi connectivity index (χ4n) is 1.71. The number of carbonyl (C=O) groups excluding carboxylic acids is 1. The largest absolute Gasteiger partial charge is 0.467 e. The molecule has 8 heteroatoms. The van der Waals surface area contributed by atoms with E-state index >= 15 is 0 Å². The number of anilines is 1. The summed E-state index contributed by atoms with van der Waals surface area (Å²) in [5.74, 6) is 0.635. The number of amides is 1. The van der Waals surface area contributed by atoms with Crippen molar-refractivity contribution in [2.24, 2.45) is 4.99 Å². The number of carbonyl (C=O) groups is 1. The Morgan fingerprint density at radius 1 is 1.22 bits per heavy atom. The summed E-state index contributed by atoms with van der Waals surface area (Å²) < 4.78 is 18.0. The van der Waals surface area contributed by atoms with E-state index < -0.39 is 0 Å². The van der Waals surface area contributed by atoms with Gasteiger partial charge in [-0.3, -0.25) is 9.79 Å². The van der Waals surface area contributed by atoms with Gasteiger partial charge in [-0.2, -0.15) is 0 Å². The molecule has 0 atom stereocenters. The molecular weight excluding hydrogens is 414 g/mol. The molecule has 0 spiro atoms. The monoisotopic (exact) mass is 432 g/mol. The van der Waals surface area contributed by atoms with Gasteiger partial charge in [0.05, 0.1) is 19.4 Å². The number of guanidine groups is 1. The first-order valence-electron chi connectivity index (χ1n) is 6.69. The second-order valence-electron chi connectivity index (χ2n) is 4.41. The lowest BCUT2D eigenvalue weighted by Gasteiger charge is -2.11. The van der Waals surface area contributed by atoms with Crippen LogP contribution in [0.25, 0.3) is 0 Å². The van der Waals surface area contributed by atoms with Gasteiger partial charge in [0, 0.05) is 12.7 Å². The molecule has 0 saturated heterocycles. The quantitative estimate of drug-likeness (QED) is 0.385. The average molecular weight is 432 g/mol. The molecule has 6 nitrogen and oxygen atoms in total. The molecule has 2 rings (SSSR count). The van der Waals surface area contributed by atoms with Crippen LogP contribution in [0.5, 0.6) is 0 Å². The minimum Gasteiger partial charge on any atom is -0.467 e. The molecule has 1 aromatic heterocycles. The van der Waals surface area contributed by atoms with Crippen LogP contribution >= 0.6 is 24.0 Å². The summed E-state index contributed by atoms with van der Waals surface area (Å²) in [6.45, 7) is 0.501. The Labute approximate surface area is 150 Å². The molecule has 23 heavy (non-hydrogen) atoms. The van der Waals surface area contributed by atoms with E-state index in [1.165, 1.54) is 24.3 Å². The van der Waals surface area contributed by atoms with Gasteiger partial charge in [-0.25, -0.2) is 4.39 Å². The predicted molar refractivity (Wildman–Crippen MR) is 97.4 cm³/mol. The Kier molecular flexibility index (Phi) is 8.09. The van der Waals surface area contributed by atoms with Crippen LogP contribution < -0.4 is 16.0 Å². The zero-order valence-corrected chi connectivity index (χ0v) is 14.8. The average Bonchev–Trinajstić information content (AvgIpc) is 3.03. The molecule has 0 unspecified atom stereocenters. The van der Waals surface area contributed by atoms with E-state index in [-0.39, 0.29) is 42.2 Å². The smallest absolute Gasteiger partial charge is 0.243 e. The van der Waals surface area contributed by atoms with Crippen LogP contribution in [0.4, 0.5) is 10.1 Å². The molecule has 1 heterocycles. The first-order valence-corrected chi connectivity index (χ1v) is 6.69. The maximum absolute atomic E-state index is 12.8. The molecule has 0 saturated carbocycles. The minimum absolute atomic E-state index is 0. The summed E-state index contributed by atoms with van der Waals surface area (Å²) in [4.78, 5) is 15.8. The highest BCUT2D eigenvalue weighted by molar-refractivity contribution is 14.0. The number of rotatable bonds is 5. The van der Waals surface area contributed by atoms with Crippen LogP contribution in [0.1, 0.15) is 5.76 Å². The number of halogens is 2. The Hall–Kier alpha value is -2.10. The Balaban J connectivity index is 0.00000264. The first-order chi connectivity index (χ1) is 10.7. The van der Waals surface area contributed by atoms with Gasteiger partial charge in [0.2, 0.25) is 5.91 Å². The molecule has 124 valence electrons. The number of aliphatic imine (C=N–C) groups is 1. The van der Waals surface area contributed by atoms with E-state index in [2.05, 4.69) is 20.9 Å². The van der Waals surface area contributed by atoms with Crippen LogP contribution in [0.15, 0.2) is 52.1 Å². The molecule has 0 bridgehead atoms. The van der Waals surface area contributed by atoms with Crippen molar-refractivity contribution in [3.8, 4) is 0 Å². The van der Waals surface area contributed by atoms with Crippen molar-refractivity contribution in [1.82, 2.24) is 10.6 Å². The van der Waals surface area contributed by atoms with Crippen molar-refractivity contribution in [2.75, 3.05) is 18.9 Å². The van der Waals surface area contributed by atoms with Gasteiger partial charge < -0.3 is 20.4 Å². The molecular formula is C15H18FIN4O2. The van der Waals surface area contributed by atoms with E-state index in [1.54, 1.807) is 19.4 Å². The third-order valence-electron chi connectivity index (χ3n) is 2.78. The summed E-state index contributed by atoms with van der Waals surface area (Å²) >= 11 is 0. The molecule has 2 aromatic rings. The number of furan rings is 1. The zero-order chi connectivity index (χ0) is 15.8. The van der Waals surface area contributed by atoms with Gasteiger partial charge in [0.25, 0.3) is 0 Å². The van der Waals surface area contributed by atoms with Crippen LogP contribution in [-0.4, -0.2) is 25.5 Å². The third kappa shape index (κ3) is 6.68. The highest BCUT2D eigenvalue weighted by Crippen LogP contribution is 2.07. The maximum atomic E-state index is 12.8. The second kappa shape index (κ2) is 9.82. The van der Waals surface area contributed by atoms with E-state index in [4.69, 9.17) is 4.42 Å². The molecule has 3 N–H and O–H groups in total. The fraction of sp³-hybridized carbons (Fsp3) is 0.200. The van der Waals surface area contributed by atoms with Gasteiger partial charge >= 0.3 is 0 Å². The fourth-order valence-corrected chi connectivity index (χ4v) is 1.71. The SMILES string of the molecule is CN=C(NCC(=O)Nc1ccc(F)cc1)NCc1ccco1.I. The van der Waals surface area contributed by atoms with Crippen molar-refractivity contribution in [3.05, 3.63) is 54.2 Å². The summed E-state index contributed by atoms with van der Waals surface area (Å²) in [6.07, 6.45) is 1.59. The molecule has 0 aliphatic carbocycles. The predicted octanol–water partition coefficient (Wildman–Crippen LogP) is 2.34. The van der Waals surface area contributed by atoms with Gasteiger partial charge in [-0.15, -0.1) is 24.0 Å². The van der Waals surface area contributed by atoms with Gasteiger partial charge in [-0.1, -0.05) is 0 Å². The molecule has 1 aromatic carbocycles. The Morgan fingerprint density at radius 2 is 1.96 bits per heavy atom. The highest BCUT2D eigenvalue weighted by atomic mass is 127. The summed E-state index contributed by atoms with van der Waals surface area (Å²) in [5.41, 5.74) is 0.534. The van der Waals surface area contributed by atoms with Gasteiger partial charge in [0.15, 0.2) is 5.96 Å². The zero-order valence-electron chi connectivity index (χ0n) is 12.5. The number of nitrogens with zero attached hydrogens (tertiary/aromatic N) is 1. The van der Waals surface area contributed by atoms with E-state index in [9.17, 15) is 9.18 Å². The van der Waals surface area contributed by atoms with Crippen molar-refractivity contribution in [2.45, 2.75) is 6.54 Å². The third-order valence-corrected chi connectivity index (χ3v) is 2.78. The maximum Gasteiger partial charge on any atom is 0.243 e. The normalized spacial score (nSPS) is 10.6. The standard InChI is InChI=1S/C15H17FN4O2.HI/c1-17-15(18-9-13-3-2-8-22-13)19-10-14(21)20-12-6-4-11(16)5-7-12;/h2-8H,9-10H2,1H3,(H,20,21)(H2,17,18,19);1H. The lowest BCUT2D eigenvalue weighted by atomic mass is 10.3. The van der Waals surface area contributed by atoms with E-state index in [1.807, 2.05) is 6.07 Å². The van der Waals surface area contributed by atoms with E-state index in [0.717, 1.165) is 5.76 Å². The molecule has 0 fully saturated rings. The van der Waals surface area contributed by atoms with Crippen molar-refractivity contribution in [3.63, 3.8) is 0 Å². The Morgan fingerprint density at radius 3 is 2.57 bits per heavy atom. The number of hydrogen-bond acceptors (Lipinski definition) is 3. The van der Waals surface area contributed by atoms with Crippen LogP contribution in [0.2, 0.25) is 0 Å². The summed E-state index contributed by atoms with van der Waals surface area (Å²) in [6, 6.07) is 9.19. The van der Waals surface area contributed by atoms with Crippen molar-refractivity contribution >= 4 is 41.5 Å². The highest BCUT2D eigenvalue weighted by Gasteiger charge is 2.05. The van der Waals surface area contributed by atoms with E-state index in [0.29, 0.717) is 18.2 Å². The first kappa shape index (κ1) is 18.9. The topological polar surface area (TPSA) is 78.7 Å². The molecule has 0 radical (unpaired) electrons. The molecule has 0 aliphatic heterocycles. The summed E-state index contributed by atoms with van der Waals surface area (Å²) in [7, 11) is 1.61. The van der Waals surface area contributed by atoms with Crippen LogP contribution in [0, 0.1) is 5.82 Å². The second-order valence-corrected chi connectivity index (χ2v) is 4.41. The van der Waals surface area contributed by atoms with Gasteiger partial charge in [-0.05, 0) is 36.4 Å². The number of hydrogen-bond donors (Lipinski definition) is 3. The number of benzene rings is 1. The van der Waals surface area contributed by atoms with Crippen LogP contribution in [0.3, 0.4) is 0 Å². The van der Waals surface area contributed by atoms with Crippen molar-refractivity contribution < 1.29 is 13.6 Å².